The molecule has 1 fully saturated rings. The number of hydrogen-bond donors (Lipinski definition) is 2. The van der Waals surface area contributed by atoms with Crippen molar-refractivity contribution in [2.45, 2.75) is 68.8 Å². The number of anilines is 1. The van der Waals surface area contributed by atoms with Crippen molar-refractivity contribution >= 4 is 46.1 Å². The van der Waals surface area contributed by atoms with Gasteiger partial charge in [-0.2, -0.15) is 0 Å². The number of carbonyl (C=O) groups is 3. The van der Waals surface area contributed by atoms with Gasteiger partial charge in [0.25, 0.3) is 5.91 Å². The lowest BCUT2D eigenvalue weighted by atomic mass is 10.0. The van der Waals surface area contributed by atoms with Gasteiger partial charge in [0.1, 0.15) is 6.04 Å². The first-order valence-corrected chi connectivity index (χ1v) is 14.2. The predicted molar refractivity (Wildman–Crippen MR) is 146 cm³/mol. The number of carbonyl (C=O) groups excluding carboxylic acids is 3. The number of rotatable bonds is 12. The molecular formula is C29H33N3O4S. The molecule has 1 saturated heterocycles. The van der Waals surface area contributed by atoms with E-state index in [0.29, 0.717) is 18.5 Å². The Morgan fingerprint density at radius 2 is 1.78 bits per heavy atom. The molecule has 3 heterocycles. The highest BCUT2D eigenvalue weighted by molar-refractivity contribution is 7.99. The molecule has 1 atom stereocenters. The van der Waals surface area contributed by atoms with Crippen LogP contribution >= 0.6 is 11.8 Å². The van der Waals surface area contributed by atoms with E-state index in [2.05, 4.69) is 28.8 Å². The first kappa shape index (κ1) is 25.4. The van der Waals surface area contributed by atoms with E-state index in [0.717, 1.165) is 52.3 Å². The second-order valence-corrected chi connectivity index (χ2v) is 10.9. The van der Waals surface area contributed by atoms with Gasteiger partial charge in [0, 0.05) is 35.4 Å². The minimum absolute atomic E-state index is 0.109. The van der Waals surface area contributed by atoms with Crippen molar-refractivity contribution in [3.05, 3.63) is 59.9 Å². The van der Waals surface area contributed by atoms with Crippen molar-refractivity contribution in [1.29, 1.82) is 0 Å². The van der Waals surface area contributed by atoms with Crippen LogP contribution in [0.4, 0.5) is 5.69 Å². The molecule has 0 saturated carbocycles. The van der Waals surface area contributed by atoms with E-state index in [9.17, 15) is 14.4 Å². The number of hydrogen-bond acceptors (Lipinski definition) is 6. The molecule has 0 radical (unpaired) electrons. The highest BCUT2D eigenvalue weighted by Gasteiger charge is 2.39. The number of piperidine rings is 1. The van der Waals surface area contributed by atoms with E-state index in [1.807, 2.05) is 24.3 Å². The van der Waals surface area contributed by atoms with E-state index >= 15 is 0 Å². The Kier molecular flexibility index (Phi) is 8.14. The van der Waals surface area contributed by atoms with Gasteiger partial charge in [-0.25, -0.2) is 0 Å². The Morgan fingerprint density at radius 1 is 0.973 bits per heavy atom. The largest absolute Gasteiger partial charge is 0.462 e. The summed E-state index contributed by atoms with van der Waals surface area (Å²) in [7, 11) is 0. The Balaban J connectivity index is 0.991. The molecule has 2 aliphatic heterocycles. The molecule has 2 aliphatic rings. The third kappa shape index (κ3) is 5.85. The number of thioether (sulfide) groups is 1. The molecule has 0 aliphatic carbocycles. The summed E-state index contributed by atoms with van der Waals surface area (Å²) in [6, 6.07) is 13.4. The summed E-state index contributed by atoms with van der Waals surface area (Å²) >= 11 is 1.80. The predicted octanol–water partition coefficient (Wildman–Crippen LogP) is 5.74. The maximum Gasteiger partial charge on any atom is 0.255 e. The summed E-state index contributed by atoms with van der Waals surface area (Å²) in [5.41, 5.74) is 3.69. The highest BCUT2D eigenvalue weighted by atomic mass is 32.2. The van der Waals surface area contributed by atoms with E-state index in [1.165, 1.54) is 25.7 Å². The molecule has 2 aromatic carbocycles. The van der Waals surface area contributed by atoms with Crippen LogP contribution in [0.25, 0.3) is 11.0 Å². The molecule has 1 unspecified atom stereocenters. The standard InChI is InChI=1S/C29H33N3O4S/c33-26-14-13-24(28(34)31-26)32-19-22-21(29(32)35)10-8-12-25(22)37-18-6-4-2-1-3-5-16-30-23-11-7-9-20-15-17-36-27(20)23/h7-12,15,17,24,30H,1-6,13-14,16,18-19H2,(H,31,33,34). The topological polar surface area (TPSA) is 91.7 Å². The van der Waals surface area contributed by atoms with Gasteiger partial charge >= 0.3 is 0 Å². The minimum Gasteiger partial charge on any atom is -0.462 e. The zero-order chi connectivity index (χ0) is 25.6. The lowest BCUT2D eigenvalue weighted by molar-refractivity contribution is -0.136. The summed E-state index contributed by atoms with van der Waals surface area (Å²) < 4.78 is 5.57. The van der Waals surface area contributed by atoms with Crippen molar-refractivity contribution in [2.75, 3.05) is 17.6 Å². The number of unbranched alkanes of at least 4 members (excludes halogenated alkanes) is 5. The zero-order valence-corrected chi connectivity index (χ0v) is 21.8. The molecule has 8 heteroatoms. The SMILES string of the molecule is O=C1CCC(N2Cc3c(SCCCCCCCCNc4cccc5ccoc45)cccc3C2=O)C(=O)N1. The summed E-state index contributed by atoms with van der Waals surface area (Å²) in [6.07, 6.45) is 9.53. The van der Waals surface area contributed by atoms with E-state index in [4.69, 9.17) is 4.42 Å². The molecule has 37 heavy (non-hydrogen) atoms. The molecule has 2 N–H and O–H groups in total. The monoisotopic (exact) mass is 519 g/mol. The van der Waals surface area contributed by atoms with Gasteiger partial charge < -0.3 is 14.6 Å². The molecule has 0 bridgehead atoms. The van der Waals surface area contributed by atoms with Gasteiger partial charge in [-0.15, -0.1) is 11.8 Å². The van der Waals surface area contributed by atoms with Crippen LogP contribution in [0.15, 0.2) is 58.0 Å². The van der Waals surface area contributed by atoms with Gasteiger partial charge in [-0.05, 0) is 54.8 Å². The normalized spacial score (nSPS) is 17.4. The van der Waals surface area contributed by atoms with Gasteiger partial charge in [0.05, 0.1) is 12.0 Å². The van der Waals surface area contributed by atoms with Crippen LogP contribution < -0.4 is 10.6 Å². The molecule has 3 amide bonds. The molecule has 1 aromatic heterocycles. The van der Waals surface area contributed by atoms with Crippen LogP contribution in [0.3, 0.4) is 0 Å². The maximum atomic E-state index is 13.0. The summed E-state index contributed by atoms with van der Waals surface area (Å²) in [6.45, 7) is 1.38. The van der Waals surface area contributed by atoms with Crippen LogP contribution in [0.5, 0.6) is 0 Å². The van der Waals surface area contributed by atoms with Crippen LogP contribution in [0.2, 0.25) is 0 Å². The quantitative estimate of drug-likeness (QED) is 0.180. The van der Waals surface area contributed by atoms with Crippen LogP contribution in [0.1, 0.15) is 67.3 Å². The van der Waals surface area contributed by atoms with E-state index in [1.54, 1.807) is 22.9 Å². The number of fused-ring (bicyclic) bond motifs is 2. The summed E-state index contributed by atoms with van der Waals surface area (Å²) in [5, 5.41) is 6.99. The fraction of sp³-hybridized carbons (Fsp3) is 0.414. The van der Waals surface area contributed by atoms with Crippen molar-refractivity contribution in [2.24, 2.45) is 0 Å². The first-order chi connectivity index (χ1) is 18.1. The molecule has 5 rings (SSSR count). The van der Waals surface area contributed by atoms with E-state index in [-0.39, 0.29) is 24.1 Å². The average Bonchev–Trinajstić information content (AvgIpc) is 3.51. The maximum absolute atomic E-state index is 13.0. The van der Waals surface area contributed by atoms with Gasteiger partial charge in [0.15, 0.2) is 5.58 Å². The van der Waals surface area contributed by atoms with Gasteiger partial charge in [0.2, 0.25) is 11.8 Å². The van der Waals surface area contributed by atoms with Crippen molar-refractivity contribution in [3.63, 3.8) is 0 Å². The number of benzene rings is 2. The number of nitrogens with one attached hydrogen (secondary N) is 2. The van der Waals surface area contributed by atoms with E-state index < -0.39 is 6.04 Å². The molecule has 0 spiro atoms. The third-order valence-corrected chi connectivity index (χ3v) is 8.35. The smallest absolute Gasteiger partial charge is 0.255 e. The Hall–Kier alpha value is -3.26. The number of furan rings is 1. The fourth-order valence-corrected chi connectivity index (χ4v) is 6.26. The summed E-state index contributed by atoms with van der Waals surface area (Å²) in [4.78, 5) is 39.5. The second-order valence-electron chi connectivity index (χ2n) is 9.72. The number of imide groups is 1. The lowest BCUT2D eigenvalue weighted by Crippen LogP contribution is -2.52. The van der Waals surface area contributed by atoms with Crippen LogP contribution in [-0.4, -0.2) is 41.0 Å². The van der Waals surface area contributed by atoms with Gasteiger partial charge in [-0.1, -0.05) is 43.9 Å². The molecule has 7 nitrogen and oxygen atoms in total. The number of para-hydroxylation sites is 1. The lowest BCUT2D eigenvalue weighted by Gasteiger charge is -2.29. The molecular weight excluding hydrogens is 486 g/mol. The number of nitrogens with zero attached hydrogens (tertiary/aromatic N) is 1. The van der Waals surface area contributed by atoms with Crippen LogP contribution in [0, 0.1) is 0 Å². The number of amides is 3. The van der Waals surface area contributed by atoms with Crippen molar-refractivity contribution < 1.29 is 18.8 Å². The van der Waals surface area contributed by atoms with Crippen LogP contribution in [-0.2, 0) is 16.1 Å². The second kappa shape index (κ2) is 11.9. The Labute approximate surface area is 221 Å². The Morgan fingerprint density at radius 3 is 2.65 bits per heavy atom. The van der Waals surface area contributed by atoms with Crippen molar-refractivity contribution in [3.8, 4) is 0 Å². The molecule has 3 aromatic rings. The summed E-state index contributed by atoms with van der Waals surface area (Å²) in [5.74, 6) is 0.276. The average molecular weight is 520 g/mol. The fourth-order valence-electron chi connectivity index (χ4n) is 5.16. The molecule has 194 valence electrons. The highest BCUT2D eigenvalue weighted by Crippen LogP contribution is 2.34. The van der Waals surface area contributed by atoms with Crippen molar-refractivity contribution in [1.82, 2.24) is 10.2 Å². The van der Waals surface area contributed by atoms with Gasteiger partial charge in [-0.3, -0.25) is 19.7 Å². The minimum atomic E-state index is -0.565. The third-order valence-electron chi connectivity index (χ3n) is 7.16. The first-order valence-electron chi connectivity index (χ1n) is 13.2. The Bertz CT molecular complexity index is 1290. The zero-order valence-electron chi connectivity index (χ0n) is 21.0.